The summed E-state index contributed by atoms with van der Waals surface area (Å²) >= 11 is 0. The van der Waals surface area contributed by atoms with Crippen LogP contribution in [0.3, 0.4) is 0 Å². The minimum absolute atomic E-state index is 0.0815. The largest absolute Gasteiger partial charge is 0.278 e. The van der Waals surface area contributed by atoms with Gasteiger partial charge in [0.25, 0.3) is 0 Å². The van der Waals surface area contributed by atoms with E-state index in [4.69, 9.17) is 9.98 Å². The minimum Gasteiger partial charge on any atom is -0.278 e. The maximum absolute atomic E-state index is 5.05. The molecule has 2 aromatic carbocycles. The summed E-state index contributed by atoms with van der Waals surface area (Å²) < 4.78 is 0. The van der Waals surface area contributed by atoms with E-state index in [0.717, 1.165) is 23.2 Å². The average molecular weight is 314 g/mol. The normalized spacial score (nSPS) is 15.9. The van der Waals surface area contributed by atoms with Gasteiger partial charge in [0, 0.05) is 22.7 Å². The first-order valence-corrected chi connectivity index (χ1v) is 8.48. The molecule has 3 aromatic rings. The van der Waals surface area contributed by atoms with Gasteiger partial charge in [0.2, 0.25) is 0 Å². The average Bonchev–Trinajstić information content (AvgIpc) is 2.54. The Morgan fingerprint density at radius 1 is 0.958 bits per heavy atom. The van der Waals surface area contributed by atoms with Crippen LogP contribution in [-0.2, 0) is 6.42 Å². The van der Waals surface area contributed by atoms with Crippen LogP contribution in [0.4, 0.5) is 0 Å². The molecule has 0 bridgehead atoms. The first-order valence-electron chi connectivity index (χ1n) is 8.48. The molecular weight excluding hydrogens is 292 g/mol. The van der Waals surface area contributed by atoms with Crippen LogP contribution in [0.1, 0.15) is 41.7 Å². The fourth-order valence-corrected chi connectivity index (χ4v) is 3.52. The summed E-state index contributed by atoms with van der Waals surface area (Å²) in [7, 11) is 0. The molecular formula is C22H22N2. The standard InChI is InChI=1S/C22H22N2/c1-14-9-17-11-18(13-23-20(17)10-15(14)2)21-19-8-6-5-7-16(19)12-22(3,4)24-21/h5-11,13H,12H2,1-4H3. The lowest BCUT2D eigenvalue weighted by Crippen LogP contribution is -2.29. The van der Waals surface area contributed by atoms with Crippen molar-refractivity contribution >= 4 is 16.6 Å². The highest BCUT2D eigenvalue weighted by atomic mass is 14.9. The zero-order chi connectivity index (χ0) is 16.9. The van der Waals surface area contributed by atoms with Crippen molar-refractivity contribution in [2.75, 3.05) is 0 Å². The Morgan fingerprint density at radius 3 is 2.54 bits per heavy atom. The van der Waals surface area contributed by atoms with E-state index in [2.05, 4.69) is 70.2 Å². The third-order valence-electron chi connectivity index (χ3n) is 4.88. The molecule has 4 rings (SSSR count). The zero-order valence-corrected chi connectivity index (χ0v) is 14.7. The monoisotopic (exact) mass is 314 g/mol. The van der Waals surface area contributed by atoms with Gasteiger partial charge in [-0.3, -0.25) is 9.98 Å². The Bertz CT molecular complexity index is 980. The molecule has 0 saturated carbocycles. The molecule has 1 aliphatic rings. The Hall–Kier alpha value is -2.48. The van der Waals surface area contributed by atoms with Crippen LogP contribution >= 0.6 is 0 Å². The second-order valence-corrected chi connectivity index (χ2v) is 7.46. The molecule has 0 saturated heterocycles. The van der Waals surface area contributed by atoms with Crippen molar-refractivity contribution in [3.63, 3.8) is 0 Å². The SMILES string of the molecule is Cc1cc2cc(C3=NC(C)(C)Cc4ccccc43)cnc2cc1C. The predicted molar refractivity (Wildman–Crippen MR) is 101 cm³/mol. The number of aromatic nitrogens is 1. The Balaban J connectivity index is 1.92. The smallest absolute Gasteiger partial charge is 0.0744 e. The fourth-order valence-electron chi connectivity index (χ4n) is 3.52. The van der Waals surface area contributed by atoms with E-state index in [1.165, 1.54) is 27.6 Å². The van der Waals surface area contributed by atoms with Gasteiger partial charge >= 0.3 is 0 Å². The number of aliphatic imine (C=N–C) groups is 1. The molecule has 0 unspecified atom stereocenters. The molecule has 0 N–H and O–H groups in total. The topological polar surface area (TPSA) is 25.2 Å². The van der Waals surface area contributed by atoms with E-state index in [1.54, 1.807) is 0 Å². The van der Waals surface area contributed by atoms with Crippen molar-refractivity contribution in [1.29, 1.82) is 0 Å². The van der Waals surface area contributed by atoms with E-state index in [9.17, 15) is 0 Å². The first-order chi connectivity index (χ1) is 11.4. The quantitative estimate of drug-likeness (QED) is 0.619. The zero-order valence-electron chi connectivity index (χ0n) is 14.7. The lowest BCUT2D eigenvalue weighted by Gasteiger charge is -2.29. The van der Waals surface area contributed by atoms with Gasteiger partial charge < -0.3 is 0 Å². The number of aryl methyl sites for hydroxylation is 2. The highest BCUT2D eigenvalue weighted by molar-refractivity contribution is 6.15. The molecule has 0 fully saturated rings. The van der Waals surface area contributed by atoms with E-state index >= 15 is 0 Å². The number of fused-ring (bicyclic) bond motifs is 2. The maximum atomic E-state index is 5.05. The molecule has 0 amide bonds. The summed E-state index contributed by atoms with van der Waals surface area (Å²) in [6.07, 6.45) is 2.94. The summed E-state index contributed by atoms with van der Waals surface area (Å²) in [5.74, 6) is 0. The summed E-state index contributed by atoms with van der Waals surface area (Å²) in [4.78, 5) is 9.75. The van der Waals surface area contributed by atoms with Crippen molar-refractivity contribution < 1.29 is 0 Å². The molecule has 0 aliphatic carbocycles. The molecule has 0 radical (unpaired) electrons. The fraction of sp³-hybridized carbons (Fsp3) is 0.273. The van der Waals surface area contributed by atoms with Crippen LogP contribution in [0.2, 0.25) is 0 Å². The lowest BCUT2D eigenvalue weighted by molar-refractivity contribution is 0.513. The van der Waals surface area contributed by atoms with Crippen LogP contribution < -0.4 is 0 Å². The summed E-state index contributed by atoms with van der Waals surface area (Å²) in [6, 6.07) is 15.2. The highest BCUT2D eigenvalue weighted by Crippen LogP contribution is 2.30. The second kappa shape index (κ2) is 5.27. The highest BCUT2D eigenvalue weighted by Gasteiger charge is 2.27. The van der Waals surface area contributed by atoms with Crippen LogP contribution in [0, 0.1) is 13.8 Å². The van der Waals surface area contributed by atoms with E-state index in [1.807, 2.05) is 6.20 Å². The van der Waals surface area contributed by atoms with Crippen molar-refractivity contribution in [1.82, 2.24) is 4.98 Å². The molecule has 1 aliphatic heterocycles. The van der Waals surface area contributed by atoms with Gasteiger partial charge in [-0.25, -0.2) is 0 Å². The van der Waals surface area contributed by atoms with Crippen LogP contribution in [0.25, 0.3) is 10.9 Å². The van der Waals surface area contributed by atoms with Gasteiger partial charge in [0.05, 0.1) is 16.8 Å². The number of rotatable bonds is 1. The third kappa shape index (κ3) is 2.52. The van der Waals surface area contributed by atoms with E-state index in [0.29, 0.717) is 0 Å². The molecule has 2 nitrogen and oxygen atoms in total. The van der Waals surface area contributed by atoms with Crippen LogP contribution in [0.5, 0.6) is 0 Å². The second-order valence-electron chi connectivity index (χ2n) is 7.46. The molecule has 0 spiro atoms. The molecule has 24 heavy (non-hydrogen) atoms. The van der Waals surface area contributed by atoms with Gasteiger partial charge in [-0.15, -0.1) is 0 Å². The number of hydrogen-bond acceptors (Lipinski definition) is 2. The van der Waals surface area contributed by atoms with Crippen LogP contribution in [0.15, 0.2) is 53.7 Å². The Morgan fingerprint density at radius 2 is 1.71 bits per heavy atom. The molecule has 2 heterocycles. The lowest BCUT2D eigenvalue weighted by atomic mass is 9.85. The Labute approximate surface area is 143 Å². The van der Waals surface area contributed by atoms with Gasteiger partial charge in [-0.05, 0) is 69.0 Å². The number of hydrogen-bond donors (Lipinski definition) is 0. The molecule has 0 atom stereocenters. The molecule has 2 heteroatoms. The van der Waals surface area contributed by atoms with Gasteiger partial charge in [0.15, 0.2) is 0 Å². The number of nitrogens with zero attached hydrogens (tertiary/aromatic N) is 2. The number of benzene rings is 2. The predicted octanol–water partition coefficient (Wildman–Crippen LogP) is 5.02. The van der Waals surface area contributed by atoms with Crippen molar-refractivity contribution in [2.45, 2.75) is 39.7 Å². The minimum atomic E-state index is -0.0815. The summed E-state index contributed by atoms with van der Waals surface area (Å²) in [5, 5.41) is 1.18. The first kappa shape index (κ1) is 15.1. The third-order valence-corrected chi connectivity index (χ3v) is 4.88. The summed E-state index contributed by atoms with van der Waals surface area (Å²) in [5.41, 5.74) is 8.32. The van der Waals surface area contributed by atoms with Crippen molar-refractivity contribution in [2.24, 2.45) is 4.99 Å². The van der Waals surface area contributed by atoms with Crippen molar-refractivity contribution in [3.8, 4) is 0 Å². The Kier molecular flexibility index (Phi) is 3.31. The number of pyridine rings is 1. The van der Waals surface area contributed by atoms with E-state index < -0.39 is 0 Å². The van der Waals surface area contributed by atoms with Gasteiger partial charge in [-0.1, -0.05) is 24.3 Å². The van der Waals surface area contributed by atoms with E-state index in [-0.39, 0.29) is 5.54 Å². The van der Waals surface area contributed by atoms with Gasteiger partial charge in [0.1, 0.15) is 0 Å². The van der Waals surface area contributed by atoms with Gasteiger partial charge in [-0.2, -0.15) is 0 Å². The molecule has 1 aromatic heterocycles. The molecule has 120 valence electrons. The summed E-state index contributed by atoms with van der Waals surface area (Å²) in [6.45, 7) is 8.68. The van der Waals surface area contributed by atoms with Crippen LogP contribution in [-0.4, -0.2) is 16.2 Å². The van der Waals surface area contributed by atoms with Crippen molar-refractivity contribution in [3.05, 3.63) is 76.5 Å². The maximum Gasteiger partial charge on any atom is 0.0744 e.